The van der Waals surface area contributed by atoms with Crippen molar-refractivity contribution < 1.29 is 9.81 Å². The van der Waals surface area contributed by atoms with Gasteiger partial charge >= 0.3 is 0 Å². The molecule has 0 aromatic rings. The van der Waals surface area contributed by atoms with Crippen molar-refractivity contribution in [3.63, 3.8) is 0 Å². The second-order valence-corrected chi connectivity index (χ2v) is 2.81. The van der Waals surface area contributed by atoms with Crippen molar-refractivity contribution >= 4 is 11.6 Å². The third kappa shape index (κ3) is 2.73. The summed E-state index contributed by atoms with van der Waals surface area (Å²) in [7, 11) is 0. The molecule has 0 atom stereocenters. The molecule has 0 bridgehead atoms. The summed E-state index contributed by atoms with van der Waals surface area (Å²) in [5, 5.41) is 15.9. The van der Waals surface area contributed by atoms with Crippen LogP contribution in [0.5, 0.6) is 0 Å². The van der Waals surface area contributed by atoms with Crippen LogP contribution in [-0.4, -0.2) is 29.1 Å². The van der Waals surface area contributed by atoms with Crippen molar-refractivity contribution in [3.05, 3.63) is 5.21 Å². The number of nitrogens with zero attached hydrogens (tertiary/aromatic N) is 3. The lowest BCUT2D eigenvalue weighted by atomic mass is 10.2. The molecular weight excluding hydrogens is 182 g/mol. The first-order valence-corrected chi connectivity index (χ1v) is 4.49. The van der Waals surface area contributed by atoms with Gasteiger partial charge in [0.1, 0.15) is 0 Å². The van der Waals surface area contributed by atoms with Crippen LogP contribution in [0.3, 0.4) is 0 Å². The maximum atomic E-state index is 11.0. The minimum absolute atomic E-state index is 0.0907. The molecule has 0 aromatic heterocycles. The summed E-state index contributed by atoms with van der Waals surface area (Å²) in [6, 6.07) is -0.0907. The van der Waals surface area contributed by atoms with E-state index in [0.29, 0.717) is 4.97 Å². The Morgan fingerprint density at radius 2 is 2.08 bits per heavy atom. The van der Waals surface area contributed by atoms with Crippen molar-refractivity contribution in [2.24, 2.45) is 5.28 Å². The van der Waals surface area contributed by atoms with E-state index >= 15 is 0 Å². The van der Waals surface area contributed by atoms with Gasteiger partial charge in [0, 0.05) is 0 Å². The van der Waals surface area contributed by atoms with Gasteiger partial charge < -0.3 is 10.0 Å². The monoisotopic (exact) mass is 193 g/mol. The van der Waals surface area contributed by atoms with Gasteiger partial charge in [-0.25, -0.2) is 0 Å². The van der Waals surface area contributed by atoms with Gasteiger partial charge in [0.05, 0.1) is 18.1 Å². The molecule has 0 aromatic carbocycles. The molecule has 1 aliphatic rings. The second-order valence-electron chi connectivity index (χ2n) is 2.59. The lowest BCUT2D eigenvalue weighted by molar-refractivity contribution is -0.712. The predicted octanol–water partition coefficient (Wildman–Crippen LogP) is 1.48. The molecule has 0 unspecified atom stereocenters. The Hall–Kier alpha value is -0.710. The zero-order valence-electron chi connectivity index (χ0n) is 6.78. The molecular formula is C6H12ClN3O2. The maximum absolute atomic E-state index is 11.0. The first-order chi connectivity index (χ1) is 5.84. The van der Waals surface area contributed by atoms with Crippen molar-refractivity contribution in [1.29, 1.82) is 0 Å². The molecule has 0 spiro atoms. The number of rotatable bonds is 3. The van der Waals surface area contributed by atoms with E-state index in [1.165, 1.54) is 6.42 Å². The van der Waals surface area contributed by atoms with Crippen LogP contribution in [0.4, 0.5) is 0 Å². The Balaban J connectivity index is 2.33. The number of hydrazine groups is 1. The summed E-state index contributed by atoms with van der Waals surface area (Å²) < 4.78 is 0. The molecule has 5 nitrogen and oxygen atoms in total. The molecule has 1 rings (SSSR count). The van der Waals surface area contributed by atoms with Gasteiger partial charge in [0.2, 0.25) is 5.28 Å². The van der Waals surface area contributed by atoms with E-state index in [4.69, 9.17) is 11.6 Å². The topological polar surface area (TPSA) is 50.9 Å². The third-order valence-electron chi connectivity index (χ3n) is 1.75. The average Bonchev–Trinajstić information content (AvgIpc) is 2.15. The average molecular weight is 194 g/mol. The number of hydrogen-bond donors (Lipinski definition) is 0. The minimum atomic E-state index is -0.0907. The zero-order chi connectivity index (χ0) is 8.81. The highest BCUT2D eigenvalue weighted by atomic mass is 35.5. The lowest BCUT2D eigenvalue weighted by Gasteiger charge is -2.21. The normalized spacial score (nSPS) is 19.4. The Bertz CT molecular complexity index is 159. The van der Waals surface area contributed by atoms with Crippen molar-refractivity contribution in [3.8, 4) is 0 Å². The van der Waals surface area contributed by atoms with E-state index in [2.05, 4.69) is 10.1 Å². The predicted molar refractivity (Wildman–Crippen MR) is 43.3 cm³/mol. The number of piperidine rings is 1. The highest BCUT2D eigenvalue weighted by Crippen LogP contribution is 2.08. The molecule has 6 heteroatoms. The highest BCUT2D eigenvalue weighted by molar-refractivity contribution is 6.17. The molecule has 0 N–H and O–H groups in total. The molecule has 1 fully saturated rings. The quantitative estimate of drug-likeness (QED) is 0.295. The maximum Gasteiger partial charge on any atom is 0.234 e. The van der Waals surface area contributed by atoms with Gasteiger partial charge in [-0.3, -0.25) is 0 Å². The fourth-order valence-electron chi connectivity index (χ4n) is 1.17. The summed E-state index contributed by atoms with van der Waals surface area (Å²) >= 11 is 5.18. The number of hydrogen-bond acceptors (Lipinski definition) is 3. The molecule has 1 heterocycles. The Morgan fingerprint density at radius 1 is 1.42 bits per heavy atom. The largest absolute Gasteiger partial charge is 0.569 e. The lowest BCUT2D eigenvalue weighted by Crippen LogP contribution is -2.35. The van der Waals surface area contributed by atoms with Crippen LogP contribution < -0.4 is 0 Å². The van der Waals surface area contributed by atoms with Crippen molar-refractivity contribution in [2.75, 3.05) is 19.2 Å². The minimum Gasteiger partial charge on any atom is -0.569 e. The molecule has 1 aliphatic heterocycles. The fourth-order valence-corrected chi connectivity index (χ4v) is 1.21. The second kappa shape index (κ2) is 5.03. The van der Waals surface area contributed by atoms with Crippen LogP contribution in [-0.2, 0) is 4.84 Å². The van der Waals surface area contributed by atoms with Gasteiger partial charge in [0.15, 0.2) is 6.07 Å². The van der Waals surface area contributed by atoms with Crippen LogP contribution in [0.1, 0.15) is 19.3 Å². The van der Waals surface area contributed by atoms with Crippen LogP contribution in [0.2, 0.25) is 0 Å². The summed E-state index contributed by atoms with van der Waals surface area (Å²) in [4.78, 5) is 4.88. The summed E-state index contributed by atoms with van der Waals surface area (Å²) in [6.07, 6.45) is 3.25. The molecule has 0 radical (unpaired) electrons. The van der Waals surface area contributed by atoms with E-state index in [1.54, 1.807) is 5.01 Å². The van der Waals surface area contributed by atoms with Crippen LogP contribution in [0.25, 0.3) is 0 Å². The van der Waals surface area contributed by atoms with Gasteiger partial charge in [-0.1, -0.05) is 11.6 Å². The van der Waals surface area contributed by atoms with Gasteiger partial charge in [0.25, 0.3) is 0 Å². The Labute approximate surface area is 76.1 Å². The molecule has 70 valence electrons. The van der Waals surface area contributed by atoms with Gasteiger partial charge in [-0.15, -0.1) is 5.01 Å². The molecule has 12 heavy (non-hydrogen) atoms. The van der Waals surface area contributed by atoms with Crippen molar-refractivity contribution in [1.82, 2.24) is 5.01 Å². The molecule has 0 saturated carbocycles. The molecule has 0 amide bonds. The first kappa shape index (κ1) is 9.38. The Kier molecular flexibility index (Phi) is 3.93. The smallest absolute Gasteiger partial charge is 0.234 e. The number of halogens is 1. The molecule has 1 saturated heterocycles. The summed E-state index contributed by atoms with van der Waals surface area (Å²) in [5.74, 6) is 0. The highest BCUT2D eigenvalue weighted by Gasteiger charge is 2.16. The van der Waals surface area contributed by atoms with Gasteiger partial charge in [-0.05, 0) is 19.3 Å². The van der Waals surface area contributed by atoms with Crippen molar-refractivity contribution in [2.45, 2.75) is 19.3 Å². The van der Waals surface area contributed by atoms with E-state index in [9.17, 15) is 5.21 Å². The van der Waals surface area contributed by atoms with Crippen LogP contribution >= 0.6 is 11.6 Å². The Morgan fingerprint density at radius 3 is 2.67 bits per heavy atom. The number of alkyl halides is 1. The van der Waals surface area contributed by atoms with E-state index in [-0.39, 0.29) is 6.07 Å². The third-order valence-corrected chi connectivity index (χ3v) is 1.85. The summed E-state index contributed by atoms with van der Waals surface area (Å²) in [6.45, 7) is 1.50. The summed E-state index contributed by atoms with van der Waals surface area (Å²) in [5.41, 5.74) is 0. The standard InChI is InChI=1S/C6H12ClN3O2/c7-6-12-8-10(11)9-4-2-1-3-5-9/h1-6H2/b10-8-. The van der Waals surface area contributed by atoms with Crippen LogP contribution in [0.15, 0.2) is 5.28 Å². The van der Waals surface area contributed by atoms with Crippen LogP contribution in [0, 0.1) is 5.21 Å². The van der Waals surface area contributed by atoms with E-state index in [0.717, 1.165) is 25.9 Å². The SMILES string of the molecule is [O-]/[N+](=N\OCCl)N1CCCCC1. The first-order valence-electron chi connectivity index (χ1n) is 3.95. The zero-order valence-corrected chi connectivity index (χ0v) is 7.53. The van der Waals surface area contributed by atoms with E-state index < -0.39 is 0 Å². The fraction of sp³-hybridized carbons (Fsp3) is 1.00. The molecule has 0 aliphatic carbocycles. The van der Waals surface area contributed by atoms with Gasteiger partial charge in [-0.2, -0.15) is 0 Å². The van der Waals surface area contributed by atoms with E-state index in [1.807, 2.05) is 0 Å².